The van der Waals surface area contributed by atoms with E-state index in [1.54, 1.807) is 0 Å². The van der Waals surface area contributed by atoms with Crippen LogP contribution in [0, 0.1) is 5.92 Å². The highest BCUT2D eigenvalue weighted by molar-refractivity contribution is 5.69. The molecule has 0 aliphatic heterocycles. The van der Waals surface area contributed by atoms with Crippen molar-refractivity contribution in [3.8, 4) is 0 Å². The van der Waals surface area contributed by atoms with Gasteiger partial charge in [-0.1, -0.05) is 159 Å². The third kappa shape index (κ3) is 38.5. The summed E-state index contributed by atoms with van der Waals surface area (Å²) in [6.45, 7) is 6.33. The van der Waals surface area contributed by atoms with Crippen molar-refractivity contribution < 1.29 is 29.3 Å². The van der Waals surface area contributed by atoms with Crippen molar-refractivity contribution in [1.29, 1.82) is 0 Å². The van der Waals surface area contributed by atoms with Gasteiger partial charge in [0.05, 0.1) is 6.10 Å². The molecule has 0 heterocycles. The Labute approximate surface area is 301 Å². The number of carbonyl (C=O) groups is 2. The summed E-state index contributed by atoms with van der Waals surface area (Å²) in [5.74, 6) is 0.201. The highest BCUT2D eigenvalue weighted by atomic mass is 16.6. The zero-order valence-electron chi connectivity index (χ0n) is 32.0. The molecule has 2 atom stereocenters. The number of carbonyl (C=O) groups excluding carboxylic acids is 2. The number of esters is 2. The lowest BCUT2D eigenvalue weighted by Gasteiger charge is -2.12. The summed E-state index contributed by atoms with van der Waals surface area (Å²) in [6, 6.07) is 0. The van der Waals surface area contributed by atoms with Crippen LogP contribution in [0.3, 0.4) is 0 Å². The third-order valence-corrected chi connectivity index (χ3v) is 8.66. The Morgan fingerprint density at radius 1 is 0.490 bits per heavy atom. The molecule has 2 N–H and O–H groups in total. The number of rotatable bonds is 35. The lowest BCUT2D eigenvalue weighted by atomic mass is 10.0. The summed E-state index contributed by atoms with van der Waals surface area (Å²) in [5.41, 5.74) is 0. The van der Waals surface area contributed by atoms with Gasteiger partial charge in [-0.3, -0.25) is 9.59 Å². The number of unbranched alkanes of at least 4 members (excludes halogenated alkanes) is 14. The molecule has 49 heavy (non-hydrogen) atoms. The fourth-order valence-electron chi connectivity index (χ4n) is 5.42. The van der Waals surface area contributed by atoms with E-state index in [1.807, 2.05) is 6.92 Å². The van der Waals surface area contributed by atoms with Crippen LogP contribution >= 0.6 is 0 Å². The van der Waals surface area contributed by atoms with E-state index in [1.165, 1.54) is 77.0 Å². The molecule has 0 aliphatic rings. The molecule has 0 saturated carbocycles. The molecule has 0 aromatic heterocycles. The molecule has 0 saturated heterocycles. The van der Waals surface area contributed by atoms with E-state index in [0.717, 1.165) is 70.1 Å². The summed E-state index contributed by atoms with van der Waals surface area (Å²) >= 11 is 0. The van der Waals surface area contributed by atoms with Crippen LogP contribution in [0.4, 0.5) is 0 Å². The minimum absolute atomic E-state index is 0.141. The Kier molecular flexibility index (Phi) is 35.4. The van der Waals surface area contributed by atoms with Gasteiger partial charge in [0.1, 0.15) is 19.3 Å². The lowest BCUT2D eigenvalue weighted by Crippen LogP contribution is -2.25. The molecule has 0 aliphatic carbocycles. The molecule has 284 valence electrons. The normalized spacial score (nSPS) is 13.4. The Morgan fingerprint density at radius 2 is 0.878 bits per heavy atom. The molecule has 0 spiro atoms. The molecule has 0 amide bonds. The van der Waals surface area contributed by atoms with Crippen molar-refractivity contribution in [1.82, 2.24) is 0 Å². The minimum Gasteiger partial charge on any atom is -0.463 e. The smallest absolute Gasteiger partial charge is 0.305 e. The predicted molar refractivity (Wildman–Crippen MR) is 206 cm³/mol. The summed E-state index contributed by atoms with van der Waals surface area (Å²) in [5, 5.41) is 19.5. The van der Waals surface area contributed by atoms with Gasteiger partial charge in [-0.05, 0) is 63.7 Å². The van der Waals surface area contributed by atoms with Crippen molar-refractivity contribution in [2.75, 3.05) is 13.2 Å². The lowest BCUT2D eigenvalue weighted by molar-refractivity contribution is -0.152. The summed E-state index contributed by atoms with van der Waals surface area (Å²) in [6.07, 6.45) is 42.6. The van der Waals surface area contributed by atoms with Crippen LogP contribution in [0.25, 0.3) is 0 Å². The maximum absolute atomic E-state index is 12.0. The monoisotopic (exact) mass is 689 g/mol. The van der Waals surface area contributed by atoms with Crippen molar-refractivity contribution in [3.63, 3.8) is 0 Å². The summed E-state index contributed by atoms with van der Waals surface area (Å²) in [7, 11) is 0. The van der Waals surface area contributed by atoms with Crippen LogP contribution in [0.2, 0.25) is 0 Å². The van der Waals surface area contributed by atoms with Crippen LogP contribution in [-0.4, -0.2) is 47.6 Å². The zero-order valence-corrected chi connectivity index (χ0v) is 32.0. The molecule has 0 fully saturated rings. The van der Waals surface area contributed by atoms with Gasteiger partial charge in [0.25, 0.3) is 0 Å². The highest BCUT2D eigenvalue weighted by Crippen LogP contribution is 2.15. The predicted octanol–water partition coefficient (Wildman–Crippen LogP) is 11.4. The Bertz CT molecular complexity index is 858. The van der Waals surface area contributed by atoms with Crippen molar-refractivity contribution in [2.45, 2.75) is 193 Å². The van der Waals surface area contributed by atoms with E-state index in [9.17, 15) is 19.8 Å². The Hall–Kier alpha value is -2.18. The number of aliphatic hydroxyl groups is 2. The molecule has 0 bridgehead atoms. The van der Waals surface area contributed by atoms with E-state index in [-0.39, 0.29) is 31.3 Å². The van der Waals surface area contributed by atoms with Crippen LogP contribution in [0.1, 0.15) is 181 Å². The van der Waals surface area contributed by atoms with Gasteiger partial charge in [0, 0.05) is 12.8 Å². The molecule has 0 rings (SSSR count). The quantitative estimate of drug-likeness (QED) is 0.0391. The summed E-state index contributed by atoms with van der Waals surface area (Å²) in [4.78, 5) is 23.9. The van der Waals surface area contributed by atoms with Crippen LogP contribution in [-0.2, 0) is 19.1 Å². The topological polar surface area (TPSA) is 93.1 Å². The maximum Gasteiger partial charge on any atom is 0.305 e. The average Bonchev–Trinajstić information content (AvgIpc) is 3.09. The van der Waals surface area contributed by atoms with Crippen LogP contribution in [0.15, 0.2) is 48.6 Å². The van der Waals surface area contributed by atoms with Crippen molar-refractivity contribution >= 4 is 11.9 Å². The largest absolute Gasteiger partial charge is 0.463 e. The number of hydrogen-bond donors (Lipinski definition) is 2. The molecular formula is C43H76O6. The first-order valence-electron chi connectivity index (χ1n) is 20.1. The molecule has 6 heteroatoms. The maximum atomic E-state index is 12.0. The fourth-order valence-corrected chi connectivity index (χ4v) is 5.42. The summed E-state index contributed by atoms with van der Waals surface area (Å²) < 4.78 is 10.3. The van der Waals surface area contributed by atoms with E-state index >= 15 is 0 Å². The van der Waals surface area contributed by atoms with Gasteiger partial charge in [-0.25, -0.2) is 0 Å². The molecule has 0 aromatic rings. The second kappa shape index (κ2) is 37.1. The number of hydrogen-bond acceptors (Lipinski definition) is 6. The van der Waals surface area contributed by atoms with E-state index in [2.05, 4.69) is 62.5 Å². The average molecular weight is 689 g/mol. The molecule has 0 radical (unpaired) electrons. The van der Waals surface area contributed by atoms with E-state index in [0.29, 0.717) is 19.3 Å². The van der Waals surface area contributed by atoms with E-state index < -0.39 is 6.10 Å². The van der Waals surface area contributed by atoms with E-state index in [4.69, 9.17) is 9.47 Å². The second-order valence-corrected chi connectivity index (χ2v) is 14.0. The molecular weight excluding hydrogens is 612 g/mol. The number of allylic oxidation sites excluding steroid dienone is 8. The van der Waals surface area contributed by atoms with Crippen molar-refractivity contribution in [3.05, 3.63) is 48.6 Å². The van der Waals surface area contributed by atoms with Gasteiger partial charge in [-0.15, -0.1) is 0 Å². The molecule has 6 nitrogen and oxygen atoms in total. The van der Waals surface area contributed by atoms with Crippen molar-refractivity contribution in [2.24, 2.45) is 5.92 Å². The van der Waals surface area contributed by atoms with Gasteiger partial charge in [-0.2, -0.15) is 0 Å². The highest BCUT2D eigenvalue weighted by Gasteiger charge is 2.12. The van der Waals surface area contributed by atoms with Gasteiger partial charge >= 0.3 is 11.9 Å². The molecule has 0 aromatic carbocycles. The SMILES string of the molecule is CC[C@H](O)CC/C=C\C/C=C\C/C=C\C/C=C\CCCC(=O)OC[C@@H](O)COC(=O)CCCCCCCCCCCCCCCCC(C)C. The Morgan fingerprint density at radius 3 is 1.33 bits per heavy atom. The first-order valence-corrected chi connectivity index (χ1v) is 20.1. The first-order chi connectivity index (χ1) is 23.8. The minimum atomic E-state index is -0.994. The second-order valence-electron chi connectivity index (χ2n) is 14.0. The molecule has 0 unspecified atom stereocenters. The standard InChI is InChI=1S/C43H76O6/c1-4-40(44)34-30-26-22-18-14-10-6-8-12-16-20-24-28-32-36-43(47)49-38-41(45)37-48-42(46)35-31-27-23-19-15-11-7-5-9-13-17-21-25-29-33-39(2)3/h8,10,12,14,20,22,24,26,39-41,44-45H,4-7,9,11,13,15-19,21,23,25,27-38H2,1-3H3/b12-8-,14-10-,24-20-,26-22-/t40-,41-/m0/s1. The number of ether oxygens (including phenoxy) is 2. The van der Waals surface area contributed by atoms with Crippen LogP contribution < -0.4 is 0 Å². The fraction of sp³-hybridized carbons (Fsp3) is 0.767. The number of aliphatic hydroxyl groups excluding tert-OH is 2. The van der Waals surface area contributed by atoms with Gasteiger partial charge in [0.2, 0.25) is 0 Å². The first kappa shape index (κ1) is 46.8. The Balaban J connectivity index is 3.53. The van der Waals surface area contributed by atoms with Crippen LogP contribution in [0.5, 0.6) is 0 Å². The van der Waals surface area contributed by atoms with Gasteiger partial charge < -0.3 is 19.7 Å². The third-order valence-electron chi connectivity index (χ3n) is 8.66. The zero-order chi connectivity index (χ0) is 36.0. The van der Waals surface area contributed by atoms with Gasteiger partial charge in [0.15, 0.2) is 0 Å².